The van der Waals surface area contributed by atoms with Gasteiger partial charge in [0.05, 0.1) is 4.75 Å². The van der Waals surface area contributed by atoms with Crippen molar-refractivity contribution in [1.82, 2.24) is 4.31 Å². The third-order valence-electron chi connectivity index (χ3n) is 4.25. The molecule has 0 unspecified atom stereocenters. The van der Waals surface area contributed by atoms with E-state index in [1.165, 1.54) is 15.9 Å². The van der Waals surface area contributed by atoms with Crippen LogP contribution in [0.5, 0.6) is 0 Å². The summed E-state index contributed by atoms with van der Waals surface area (Å²) in [5.41, 5.74) is 1.26. The van der Waals surface area contributed by atoms with Crippen molar-refractivity contribution in [3.05, 3.63) is 66.0 Å². The molecule has 1 fully saturated rings. The van der Waals surface area contributed by atoms with Crippen LogP contribution < -0.4 is 0 Å². The highest BCUT2D eigenvalue weighted by Crippen LogP contribution is 2.25. The molecule has 28 heavy (non-hydrogen) atoms. The van der Waals surface area contributed by atoms with Gasteiger partial charge in [-0.2, -0.15) is 4.31 Å². The molecule has 1 aliphatic heterocycles. The number of halogens is 2. The van der Waals surface area contributed by atoms with Crippen LogP contribution in [0.3, 0.4) is 0 Å². The van der Waals surface area contributed by atoms with Crippen LogP contribution in [0.25, 0.3) is 0 Å². The molecule has 0 amide bonds. The van der Waals surface area contributed by atoms with Gasteiger partial charge in [0.25, 0.3) is 0 Å². The lowest BCUT2D eigenvalue weighted by atomic mass is 10.2. The topological polar surface area (TPSA) is 37.4 Å². The molecule has 2 aromatic rings. The van der Waals surface area contributed by atoms with Crippen molar-refractivity contribution >= 4 is 21.8 Å². The Kier molecular flexibility index (Phi) is 8.04. The van der Waals surface area contributed by atoms with Gasteiger partial charge >= 0.3 is 0 Å². The van der Waals surface area contributed by atoms with Crippen LogP contribution in [0, 0.1) is 5.82 Å². The molecule has 1 aliphatic rings. The summed E-state index contributed by atoms with van der Waals surface area (Å²) < 4.78 is 49.6. The second-order valence-electron chi connectivity index (χ2n) is 7.59. The molecule has 0 aromatic heterocycles. The quantitative estimate of drug-likeness (QED) is 0.623. The van der Waals surface area contributed by atoms with Gasteiger partial charge in [0.1, 0.15) is 12.0 Å². The van der Waals surface area contributed by atoms with Gasteiger partial charge in [0, 0.05) is 23.7 Å². The number of alkyl halides is 1. The molecule has 0 aliphatic carbocycles. The van der Waals surface area contributed by atoms with E-state index in [0.717, 1.165) is 10.6 Å². The molecule has 0 N–H and O–H groups in total. The average Bonchev–Trinajstić information content (AvgIpc) is 3.08. The van der Waals surface area contributed by atoms with Crippen molar-refractivity contribution in [3.8, 4) is 0 Å². The van der Waals surface area contributed by atoms with E-state index < -0.39 is 20.9 Å². The number of rotatable bonds is 4. The van der Waals surface area contributed by atoms with Gasteiger partial charge in [-0.3, -0.25) is 0 Å². The molecule has 0 radical (unpaired) electrons. The largest absolute Gasteiger partial charge is 0.246 e. The van der Waals surface area contributed by atoms with Crippen molar-refractivity contribution < 1.29 is 17.2 Å². The minimum atomic E-state index is -3.32. The average molecular weight is 428 g/mol. The summed E-state index contributed by atoms with van der Waals surface area (Å²) >= 11 is 1.65. The Morgan fingerprint density at radius 1 is 1.11 bits per heavy atom. The highest BCUT2D eigenvalue weighted by molar-refractivity contribution is 7.98. The second kappa shape index (κ2) is 9.85. The Balaban J connectivity index is 0.000000203. The van der Waals surface area contributed by atoms with E-state index in [4.69, 9.17) is 0 Å². The van der Waals surface area contributed by atoms with Crippen LogP contribution in [0.4, 0.5) is 8.78 Å². The van der Waals surface area contributed by atoms with Crippen molar-refractivity contribution in [1.29, 1.82) is 0 Å². The maximum atomic E-state index is 12.9. The molecule has 1 heterocycles. The molecule has 7 heteroatoms. The van der Waals surface area contributed by atoms with Gasteiger partial charge < -0.3 is 0 Å². The number of hydrogen-bond donors (Lipinski definition) is 0. The Morgan fingerprint density at radius 2 is 1.79 bits per heavy atom. The molecule has 154 valence electrons. The van der Waals surface area contributed by atoms with E-state index >= 15 is 0 Å². The molecule has 3 rings (SSSR count). The summed E-state index contributed by atoms with van der Waals surface area (Å²) in [4.78, 5) is 0.971. The Morgan fingerprint density at radius 3 is 2.32 bits per heavy atom. The zero-order valence-corrected chi connectivity index (χ0v) is 18.1. The fourth-order valence-corrected chi connectivity index (χ4v) is 4.97. The van der Waals surface area contributed by atoms with Crippen LogP contribution >= 0.6 is 11.8 Å². The first kappa shape index (κ1) is 22.8. The van der Waals surface area contributed by atoms with Gasteiger partial charge in [-0.05, 0) is 51.0 Å². The number of thioether (sulfide) groups is 1. The van der Waals surface area contributed by atoms with Gasteiger partial charge in [0.2, 0.25) is 10.0 Å². The summed E-state index contributed by atoms with van der Waals surface area (Å²) in [7, 11) is -3.32. The third kappa shape index (κ3) is 6.57. The highest BCUT2D eigenvalue weighted by Gasteiger charge is 2.39. The molecule has 2 aromatic carbocycles. The number of sulfonamides is 1. The minimum absolute atomic E-state index is 0.0274. The summed E-state index contributed by atoms with van der Waals surface area (Å²) in [5.74, 6) is 0.706. The van der Waals surface area contributed by atoms with Gasteiger partial charge in [-0.15, -0.1) is 11.8 Å². The molecule has 0 spiro atoms. The first-order valence-electron chi connectivity index (χ1n) is 9.15. The lowest BCUT2D eigenvalue weighted by molar-refractivity contribution is 0.340. The predicted octanol–water partition coefficient (Wildman–Crippen LogP) is 5.28. The van der Waals surface area contributed by atoms with Crippen LogP contribution in [0.15, 0.2) is 59.5 Å². The fourth-order valence-electron chi connectivity index (χ4n) is 2.59. The summed E-state index contributed by atoms with van der Waals surface area (Å²) in [6.45, 7) is 5.25. The Bertz CT molecular complexity index is 852. The normalized spacial score (nSPS) is 17.8. The summed E-state index contributed by atoms with van der Waals surface area (Å²) in [6.07, 6.45) is -0.660. The molecule has 0 bridgehead atoms. The SMILES string of the molecule is CC(C)(C)S(=O)(=O)N1CC[C@H](F)C1.Fc1cccc(SCc2ccccc2)c1. The van der Waals surface area contributed by atoms with Gasteiger partial charge in [-0.25, -0.2) is 17.2 Å². The minimum Gasteiger partial charge on any atom is -0.246 e. The summed E-state index contributed by atoms with van der Waals surface area (Å²) in [6, 6.07) is 16.9. The van der Waals surface area contributed by atoms with Crippen molar-refractivity contribution in [2.24, 2.45) is 0 Å². The highest BCUT2D eigenvalue weighted by atomic mass is 32.2. The van der Waals surface area contributed by atoms with E-state index in [1.54, 1.807) is 44.7 Å². The zero-order valence-electron chi connectivity index (χ0n) is 16.4. The molecule has 1 atom stereocenters. The van der Waals surface area contributed by atoms with Gasteiger partial charge in [0.15, 0.2) is 0 Å². The number of benzene rings is 2. The predicted molar refractivity (Wildman–Crippen MR) is 112 cm³/mol. The van der Waals surface area contributed by atoms with Crippen LogP contribution in [-0.2, 0) is 15.8 Å². The second-order valence-corrected chi connectivity index (χ2v) is 11.3. The van der Waals surface area contributed by atoms with Crippen molar-refractivity contribution in [2.45, 2.75) is 48.8 Å². The first-order valence-corrected chi connectivity index (χ1v) is 11.6. The molecule has 3 nitrogen and oxygen atoms in total. The molecule has 0 saturated carbocycles. The van der Waals surface area contributed by atoms with E-state index in [9.17, 15) is 17.2 Å². The van der Waals surface area contributed by atoms with Crippen molar-refractivity contribution in [2.75, 3.05) is 13.1 Å². The van der Waals surface area contributed by atoms with E-state index in [2.05, 4.69) is 12.1 Å². The van der Waals surface area contributed by atoms with E-state index in [1.807, 2.05) is 24.3 Å². The number of hydrogen-bond acceptors (Lipinski definition) is 3. The van der Waals surface area contributed by atoms with Gasteiger partial charge in [-0.1, -0.05) is 36.4 Å². The lowest BCUT2D eigenvalue weighted by Gasteiger charge is -2.26. The van der Waals surface area contributed by atoms with Crippen molar-refractivity contribution in [3.63, 3.8) is 0 Å². The first-order chi connectivity index (χ1) is 13.1. The number of nitrogens with zero attached hydrogens (tertiary/aromatic N) is 1. The molecular weight excluding hydrogens is 400 g/mol. The standard InChI is InChI=1S/C13H11FS.C8H16FNO2S/c14-12-7-4-8-13(9-12)15-10-11-5-2-1-3-6-11;1-8(2,3)13(11,12)10-5-4-7(9)6-10/h1-9H,10H2;7H,4-6H2,1-3H3/t;7-/m.0/s1. The van der Waals surface area contributed by atoms with Crippen LogP contribution in [0.1, 0.15) is 32.8 Å². The maximum Gasteiger partial charge on any atom is 0.219 e. The zero-order chi connectivity index (χ0) is 20.8. The Hall–Kier alpha value is -1.44. The smallest absolute Gasteiger partial charge is 0.219 e. The van der Waals surface area contributed by atoms with E-state index in [0.29, 0.717) is 13.0 Å². The summed E-state index contributed by atoms with van der Waals surface area (Å²) in [5, 5.41) is 0. The molecular formula is C21H27F2NO2S2. The lowest BCUT2D eigenvalue weighted by Crippen LogP contribution is -2.41. The van der Waals surface area contributed by atoms with Crippen LogP contribution in [-0.4, -0.2) is 36.7 Å². The molecule has 1 saturated heterocycles. The third-order valence-corrected chi connectivity index (χ3v) is 7.88. The van der Waals surface area contributed by atoms with E-state index in [-0.39, 0.29) is 12.4 Å². The van der Waals surface area contributed by atoms with Crippen LogP contribution in [0.2, 0.25) is 0 Å². The fraction of sp³-hybridized carbons (Fsp3) is 0.429. The Labute approximate surface area is 171 Å². The maximum absolute atomic E-state index is 12.9. The monoisotopic (exact) mass is 427 g/mol.